The highest BCUT2D eigenvalue weighted by atomic mass is 35.5. The number of aryl methyl sites for hydroxylation is 1. The van der Waals surface area contributed by atoms with Gasteiger partial charge in [-0.1, -0.05) is 0 Å². The molecule has 2 N–H and O–H groups in total. The van der Waals surface area contributed by atoms with Crippen LogP contribution < -0.4 is 10.3 Å². The lowest BCUT2D eigenvalue weighted by Crippen LogP contribution is -2.27. The lowest BCUT2D eigenvalue weighted by Gasteiger charge is -1.90. The Morgan fingerprint density at radius 2 is 2.30 bits per heavy atom. The fourth-order valence-corrected chi connectivity index (χ4v) is 0.771. The molecule has 0 aromatic carbocycles. The molecule has 3 heteroatoms. The van der Waals surface area contributed by atoms with Gasteiger partial charge in [0.2, 0.25) is 0 Å². The van der Waals surface area contributed by atoms with E-state index in [1.807, 2.05) is 36.1 Å². The van der Waals surface area contributed by atoms with Crippen LogP contribution in [0.3, 0.4) is 0 Å². The monoisotopic (exact) mass is 159 g/mol. The van der Waals surface area contributed by atoms with E-state index in [4.69, 9.17) is 5.73 Å². The van der Waals surface area contributed by atoms with E-state index < -0.39 is 0 Å². The molecule has 1 aromatic rings. The maximum absolute atomic E-state index is 5.41. The second-order valence-electron chi connectivity index (χ2n) is 2.08. The van der Waals surface area contributed by atoms with Crippen LogP contribution in [-0.2, 0) is 13.6 Å². The Balaban J connectivity index is 0.000000810. The number of nitrogens with zero attached hydrogens (tertiary/aromatic N) is 1. The Hall–Kier alpha value is -0.600. The molecule has 1 aromatic heterocycles. The Bertz CT molecular complexity index is 201. The maximum Gasteiger partial charge on any atom is 0.173 e. The van der Waals surface area contributed by atoms with Gasteiger partial charge in [-0.15, -0.1) is 12.4 Å². The Morgan fingerprint density at radius 1 is 1.60 bits per heavy atom. The summed E-state index contributed by atoms with van der Waals surface area (Å²) in [5.41, 5.74) is 6.57. The lowest BCUT2D eigenvalue weighted by molar-refractivity contribution is -0.671. The summed E-state index contributed by atoms with van der Waals surface area (Å²) in [5, 5.41) is 0. The number of rotatable bonds is 1. The summed E-state index contributed by atoms with van der Waals surface area (Å²) in [6, 6.07) is 4.00. The Labute approximate surface area is 67.1 Å². The van der Waals surface area contributed by atoms with Crippen LogP contribution in [0.15, 0.2) is 24.5 Å². The molecule has 56 valence electrons. The van der Waals surface area contributed by atoms with Gasteiger partial charge >= 0.3 is 0 Å². The fourth-order valence-electron chi connectivity index (χ4n) is 0.771. The number of halogens is 1. The molecule has 0 saturated carbocycles. The predicted octanol–water partition coefficient (Wildman–Crippen LogP) is 0.392. The number of hydrogen-bond donors (Lipinski definition) is 1. The molecule has 0 bridgehead atoms. The van der Waals surface area contributed by atoms with Crippen molar-refractivity contribution in [2.75, 3.05) is 0 Å². The lowest BCUT2D eigenvalue weighted by atomic mass is 10.3. The molecular weight excluding hydrogens is 148 g/mol. The third-order valence-corrected chi connectivity index (χ3v) is 1.24. The number of pyridine rings is 1. The van der Waals surface area contributed by atoms with Crippen molar-refractivity contribution in [2.45, 2.75) is 6.54 Å². The number of nitrogens with two attached hydrogens (primary N) is 1. The molecule has 0 atom stereocenters. The minimum absolute atomic E-state index is 0. The van der Waals surface area contributed by atoms with Crippen LogP contribution in [0.1, 0.15) is 5.56 Å². The zero-order valence-corrected chi connectivity index (χ0v) is 6.77. The molecular formula is C7H12ClN2+. The molecule has 0 radical (unpaired) electrons. The number of hydrogen-bond acceptors (Lipinski definition) is 1. The van der Waals surface area contributed by atoms with Crippen molar-refractivity contribution >= 4 is 12.4 Å². The van der Waals surface area contributed by atoms with E-state index in [9.17, 15) is 0 Å². The smallest absolute Gasteiger partial charge is 0.173 e. The minimum atomic E-state index is 0. The van der Waals surface area contributed by atoms with Crippen molar-refractivity contribution < 1.29 is 4.57 Å². The summed E-state index contributed by atoms with van der Waals surface area (Å²) >= 11 is 0. The first kappa shape index (κ1) is 9.40. The highest BCUT2D eigenvalue weighted by Crippen LogP contribution is 1.89. The second kappa shape index (κ2) is 4.25. The van der Waals surface area contributed by atoms with E-state index in [1.54, 1.807) is 0 Å². The van der Waals surface area contributed by atoms with Crippen molar-refractivity contribution in [1.29, 1.82) is 0 Å². The minimum Gasteiger partial charge on any atom is -0.326 e. The van der Waals surface area contributed by atoms with E-state index >= 15 is 0 Å². The van der Waals surface area contributed by atoms with Gasteiger partial charge in [0, 0.05) is 18.2 Å². The molecule has 0 fully saturated rings. The Morgan fingerprint density at radius 3 is 2.70 bits per heavy atom. The van der Waals surface area contributed by atoms with E-state index in [1.165, 1.54) is 5.56 Å². The molecule has 0 aliphatic rings. The van der Waals surface area contributed by atoms with Gasteiger partial charge < -0.3 is 5.73 Å². The van der Waals surface area contributed by atoms with Crippen LogP contribution in [0, 0.1) is 0 Å². The van der Waals surface area contributed by atoms with Gasteiger partial charge in [0.25, 0.3) is 0 Å². The van der Waals surface area contributed by atoms with Gasteiger partial charge in [0.15, 0.2) is 12.4 Å². The highest BCUT2D eigenvalue weighted by molar-refractivity contribution is 5.85. The number of aromatic nitrogens is 1. The Kier molecular flexibility index (Phi) is 4.00. The predicted molar refractivity (Wildman–Crippen MR) is 42.8 cm³/mol. The van der Waals surface area contributed by atoms with Crippen molar-refractivity contribution in [3.05, 3.63) is 30.1 Å². The third kappa shape index (κ3) is 2.33. The quantitative estimate of drug-likeness (QED) is 0.591. The first-order valence-electron chi connectivity index (χ1n) is 2.97. The second-order valence-corrected chi connectivity index (χ2v) is 2.08. The van der Waals surface area contributed by atoms with Crippen LogP contribution in [-0.4, -0.2) is 0 Å². The van der Waals surface area contributed by atoms with Crippen molar-refractivity contribution in [3.8, 4) is 0 Å². The standard InChI is InChI=1S/C7H11N2.ClH/c1-9-4-2-3-7(5-8)6-9;/h2-4,6H,5,8H2,1H3;1H/q+1;. The summed E-state index contributed by atoms with van der Waals surface area (Å²) in [5.74, 6) is 0. The summed E-state index contributed by atoms with van der Waals surface area (Å²) in [6.45, 7) is 0.620. The molecule has 0 spiro atoms. The average Bonchev–Trinajstić information content (AvgIpc) is 1.88. The van der Waals surface area contributed by atoms with Crippen LogP contribution in [0.5, 0.6) is 0 Å². The van der Waals surface area contributed by atoms with Gasteiger partial charge in [0.05, 0.1) is 0 Å². The van der Waals surface area contributed by atoms with Crippen LogP contribution in [0.25, 0.3) is 0 Å². The van der Waals surface area contributed by atoms with E-state index in [2.05, 4.69) is 0 Å². The summed E-state index contributed by atoms with van der Waals surface area (Å²) in [4.78, 5) is 0. The molecule has 0 unspecified atom stereocenters. The molecule has 0 aliphatic carbocycles. The summed E-state index contributed by atoms with van der Waals surface area (Å²) in [7, 11) is 1.99. The van der Waals surface area contributed by atoms with Crippen molar-refractivity contribution in [2.24, 2.45) is 12.8 Å². The molecule has 1 rings (SSSR count). The molecule has 0 saturated heterocycles. The maximum atomic E-state index is 5.41. The molecule has 1 heterocycles. The first-order chi connectivity index (χ1) is 4.33. The molecule has 0 aliphatic heterocycles. The van der Waals surface area contributed by atoms with Crippen molar-refractivity contribution in [1.82, 2.24) is 0 Å². The average molecular weight is 160 g/mol. The van der Waals surface area contributed by atoms with Gasteiger partial charge in [-0.05, 0) is 6.07 Å². The highest BCUT2D eigenvalue weighted by Gasteiger charge is 1.92. The first-order valence-corrected chi connectivity index (χ1v) is 2.97. The summed E-state index contributed by atoms with van der Waals surface area (Å²) in [6.07, 6.45) is 4.00. The van der Waals surface area contributed by atoms with E-state index in [0.717, 1.165) is 0 Å². The van der Waals surface area contributed by atoms with Crippen LogP contribution >= 0.6 is 12.4 Å². The summed E-state index contributed by atoms with van der Waals surface area (Å²) < 4.78 is 1.99. The largest absolute Gasteiger partial charge is 0.326 e. The zero-order chi connectivity index (χ0) is 6.69. The molecule has 10 heavy (non-hydrogen) atoms. The molecule has 0 amide bonds. The van der Waals surface area contributed by atoms with Crippen LogP contribution in [0.4, 0.5) is 0 Å². The van der Waals surface area contributed by atoms with Gasteiger partial charge in [-0.3, -0.25) is 0 Å². The van der Waals surface area contributed by atoms with Gasteiger partial charge in [-0.25, -0.2) is 4.57 Å². The SMILES string of the molecule is C[n+]1cccc(CN)c1.Cl. The fraction of sp³-hybridized carbons (Fsp3) is 0.286. The van der Waals surface area contributed by atoms with E-state index in [0.29, 0.717) is 6.54 Å². The van der Waals surface area contributed by atoms with E-state index in [-0.39, 0.29) is 12.4 Å². The van der Waals surface area contributed by atoms with Gasteiger partial charge in [0.1, 0.15) is 7.05 Å². The van der Waals surface area contributed by atoms with Crippen molar-refractivity contribution in [3.63, 3.8) is 0 Å². The van der Waals surface area contributed by atoms with Crippen LogP contribution in [0.2, 0.25) is 0 Å². The normalized spacial score (nSPS) is 8.60. The molecule has 2 nitrogen and oxygen atoms in total. The third-order valence-electron chi connectivity index (χ3n) is 1.24. The zero-order valence-electron chi connectivity index (χ0n) is 5.95. The van der Waals surface area contributed by atoms with Gasteiger partial charge in [-0.2, -0.15) is 0 Å². The topological polar surface area (TPSA) is 29.9 Å².